The molecule has 0 spiro atoms. The van der Waals surface area contributed by atoms with Crippen molar-refractivity contribution in [1.29, 1.82) is 0 Å². The van der Waals surface area contributed by atoms with Crippen molar-refractivity contribution in [2.45, 2.75) is 61.8 Å². The number of hydrogen-bond acceptors (Lipinski definition) is 7. The molecule has 1 unspecified atom stereocenters. The highest BCUT2D eigenvalue weighted by Gasteiger charge is 2.43. The number of halogens is 8. The maximum Gasteiger partial charge on any atom is 0.416 e. The minimum atomic E-state index is -4.77. The number of aliphatic hydroxyl groups excluding tert-OH is 1. The van der Waals surface area contributed by atoms with Gasteiger partial charge in [-0.2, -0.15) is 26.3 Å². The van der Waals surface area contributed by atoms with Crippen molar-refractivity contribution in [3.8, 4) is 0 Å². The molecule has 0 aliphatic heterocycles. The Hall–Kier alpha value is -5.49. The number of aromatic nitrogens is 4. The Labute approximate surface area is 344 Å². The molecule has 0 aliphatic rings. The summed E-state index contributed by atoms with van der Waals surface area (Å²) in [6.07, 6.45) is -3.55. The van der Waals surface area contributed by atoms with Gasteiger partial charge in [0.2, 0.25) is 0 Å². The fraction of sp³-hybridized carbons (Fsp3) is 0.256. The summed E-state index contributed by atoms with van der Waals surface area (Å²) in [5.74, 6) is -1.89. The van der Waals surface area contributed by atoms with Crippen LogP contribution in [0.5, 0.6) is 0 Å². The zero-order valence-electron chi connectivity index (χ0n) is 32.8. The first-order chi connectivity index (χ1) is 28.2. The fourth-order valence-corrected chi connectivity index (χ4v) is 6.86. The van der Waals surface area contributed by atoms with E-state index in [-0.39, 0.29) is 35.6 Å². The quantitative estimate of drug-likeness (QED) is 0.118. The van der Waals surface area contributed by atoms with Gasteiger partial charge in [0.05, 0.1) is 26.9 Å². The van der Waals surface area contributed by atoms with E-state index in [0.717, 1.165) is 42.5 Å². The van der Waals surface area contributed by atoms with E-state index in [4.69, 9.17) is 10.8 Å². The second-order valence-corrected chi connectivity index (χ2v) is 16.2. The van der Waals surface area contributed by atoms with Crippen LogP contribution in [0.2, 0.25) is 0 Å². The third kappa shape index (κ3) is 12.1. The van der Waals surface area contributed by atoms with E-state index in [1.165, 1.54) is 24.8 Å². The van der Waals surface area contributed by atoms with Gasteiger partial charge in [-0.25, -0.2) is 37.6 Å². The smallest absolute Gasteiger partial charge is 0.400 e. The summed E-state index contributed by atoms with van der Waals surface area (Å²) in [4.78, 5) is 16.7. The van der Waals surface area contributed by atoms with Crippen LogP contribution in [0.1, 0.15) is 65.8 Å². The standard InChI is InChI=1S/C23H23F4N3OS.C19H15F4N3.CH4O/c1-21(2,3)32(31)30-22(20-28-10-7-11-29-20,15-16-8-5-4-6-9-16)17-12-18(23(25,26)27)14-19(24)13-17;20-16-10-14(9-15(11-16)19(21,22)23)18(24,17-25-7-4-8-26-17)12-13-5-2-1-3-6-13;1-2/h4-14,30H,15H2,1-3H3;1-11H,12,24H2;2H,1H3/t22-,32?;18-;/m00./s1. The predicted octanol–water partition coefficient (Wildman–Crippen LogP) is 8.86. The molecular weight excluding hydrogens is 817 g/mol. The summed E-state index contributed by atoms with van der Waals surface area (Å²) in [5.41, 5.74) is 2.49. The average Bonchev–Trinajstić information content (AvgIpc) is 3.21. The number of hydrogen-bond donors (Lipinski definition) is 3. The zero-order valence-corrected chi connectivity index (χ0v) is 33.6. The van der Waals surface area contributed by atoms with Gasteiger partial charge < -0.3 is 10.8 Å². The van der Waals surface area contributed by atoms with E-state index in [1.54, 1.807) is 87.5 Å². The van der Waals surface area contributed by atoms with E-state index in [1.807, 2.05) is 6.07 Å². The van der Waals surface area contributed by atoms with Crippen LogP contribution in [-0.2, 0) is 47.3 Å². The molecule has 2 heterocycles. The maximum absolute atomic E-state index is 14.5. The van der Waals surface area contributed by atoms with Crippen molar-refractivity contribution >= 4 is 11.0 Å². The molecule has 0 saturated heterocycles. The summed E-state index contributed by atoms with van der Waals surface area (Å²) in [5, 5.41) is 7.00. The van der Waals surface area contributed by atoms with Gasteiger partial charge in [-0.1, -0.05) is 60.7 Å². The van der Waals surface area contributed by atoms with Gasteiger partial charge in [0, 0.05) is 44.7 Å². The Morgan fingerprint density at radius 3 is 1.38 bits per heavy atom. The van der Waals surface area contributed by atoms with Crippen molar-refractivity contribution in [2.75, 3.05) is 7.11 Å². The number of rotatable bonds is 10. The largest absolute Gasteiger partial charge is 0.416 e. The summed E-state index contributed by atoms with van der Waals surface area (Å²) >= 11 is 0. The van der Waals surface area contributed by atoms with Gasteiger partial charge in [-0.05, 0) is 91.6 Å². The number of nitrogens with zero attached hydrogens (tertiary/aromatic N) is 4. The van der Waals surface area contributed by atoms with Crippen molar-refractivity contribution in [3.05, 3.63) is 191 Å². The van der Waals surface area contributed by atoms with Crippen molar-refractivity contribution < 1.29 is 44.4 Å². The van der Waals surface area contributed by atoms with Crippen molar-refractivity contribution in [1.82, 2.24) is 24.7 Å². The highest BCUT2D eigenvalue weighted by atomic mass is 32.2. The summed E-state index contributed by atoms with van der Waals surface area (Å²) in [6.45, 7) is 5.17. The molecule has 0 amide bonds. The Morgan fingerprint density at radius 2 is 0.950 bits per heavy atom. The van der Waals surface area contributed by atoms with E-state index in [2.05, 4.69) is 24.7 Å². The monoisotopic (exact) mass is 858 g/mol. The topological polar surface area (TPSA) is 127 Å². The van der Waals surface area contributed by atoms with Gasteiger partial charge in [-0.15, -0.1) is 0 Å². The molecule has 60 heavy (non-hydrogen) atoms. The number of aliphatic hydroxyl groups is 1. The Bertz CT molecular complexity index is 2300. The van der Waals surface area contributed by atoms with Crippen LogP contribution in [0.25, 0.3) is 0 Å². The first-order valence-electron chi connectivity index (χ1n) is 18.0. The van der Waals surface area contributed by atoms with Gasteiger partial charge >= 0.3 is 12.4 Å². The first kappa shape index (κ1) is 47.2. The molecule has 0 saturated carbocycles. The lowest BCUT2D eigenvalue weighted by atomic mass is 9.83. The highest BCUT2D eigenvalue weighted by Crippen LogP contribution is 2.39. The molecule has 2 aromatic heterocycles. The lowest BCUT2D eigenvalue weighted by molar-refractivity contribution is -0.138. The molecule has 4 aromatic carbocycles. The molecule has 0 fully saturated rings. The van der Waals surface area contributed by atoms with Gasteiger partial charge in [0.15, 0.2) is 11.6 Å². The summed E-state index contributed by atoms with van der Waals surface area (Å²) < 4.78 is 124. The second kappa shape index (κ2) is 19.7. The summed E-state index contributed by atoms with van der Waals surface area (Å²) in [7, 11) is -0.749. The molecule has 0 radical (unpaired) electrons. The average molecular weight is 859 g/mol. The molecular formula is C43H42F8N6O2S. The Balaban J connectivity index is 0.000000259. The fourth-order valence-electron chi connectivity index (χ4n) is 5.95. The first-order valence-corrected chi connectivity index (χ1v) is 19.2. The number of nitrogens with two attached hydrogens (primary N) is 1. The Morgan fingerprint density at radius 1 is 0.567 bits per heavy atom. The molecule has 6 aromatic rings. The third-order valence-electron chi connectivity index (χ3n) is 8.83. The Kier molecular flexibility index (Phi) is 15.5. The van der Waals surface area contributed by atoms with Gasteiger partial charge in [-0.3, -0.25) is 0 Å². The lowest BCUT2D eigenvalue weighted by Gasteiger charge is -2.36. The third-order valence-corrected chi connectivity index (χ3v) is 10.5. The minimum Gasteiger partial charge on any atom is -0.400 e. The van der Waals surface area contributed by atoms with Crippen LogP contribution < -0.4 is 10.5 Å². The van der Waals surface area contributed by atoms with Crippen LogP contribution in [-0.4, -0.2) is 41.1 Å². The lowest BCUT2D eigenvalue weighted by Crippen LogP contribution is -2.51. The molecule has 6 rings (SSSR count). The van der Waals surface area contributed by atoms with E-state index >= 15 is 0 Å². The SMILES string of the molecule is CC(C)(C)S(=O)N[C@@](Cc1ccccc1)(c1cc(F)cc(C(F)(F)F)c1)c1ncccn1.CO.N[C@@](Cc1ccccc1)(c1cc(F)cc(C(F)(F)F)c1)c1ncccn1. The van der Waals surface area contributed by atoms with Crippen molar-refractivity contribution in [2.24, 2.45) is 5.73 Å². The molecule has 3 atom stereocenters. The van der Waals surface area contributed by atoms with Crippen LogP contribution in [0.4, 0.5) is 35.1 Å². The van der Waals surface area contributed by atoms with E-state index < -0.39 is 61.9 Å². The molecule has 8 nitrogen and oxygen atoms in total. The molecule has 318 valence electrons. The van der Waals surface area contributed by atoms with Gasteiger partial charge in [0.25, 0.3) is 0 Å². The van der Waals surface area contributed by atoms with Crippen molar-refractivity contribution in [3.63, 3.8) is 0 Å². The second-order valence-electron chi connectivity index (χ2n) is 14.3. The number of nitrogens with one attached hydrogen (secondary N) is 1. The highest BCUT2D eigenvalue weighted by molar-refractivity contribution is 7.84. The normalized spacial score (nSPS) is 14.3. The van der Waals surface area contributed by atoms with Crippen LogP contribution in [0.15, 0.2) is 134 Å². The minimum absolute atomic E-state index is 0.0418. The molecule has 0 bridgehead atoms. The molecule has 0 aliphatic carbocycles. The predicted molar refractivity (Wildman–Crippen MR) is 212 cm³/mol. The van der Waals surface area contributed by atoms with Crippen LogP contribution >= 0.6 is 0 Å². The van der Waals surface area contributed by atoms with E-state index in [0.29, 0.717) is 12.1 Å². The molecule has 17 heteroatoms. The van der Waals surface area contributed by atoms with Gasteiger partial charge in [0.1, 0.15) is 22.7 Å². The number of benzene rings is 4. The van der Waals surface area contributed by atoms with E-state index in [9.17, 15) is 39.3 Å². The zero-order chi connectivity index (χ0) is 44.4. The van der Waals surface area contributed by atoms with Crippen LogP contribution in [0, 0.1) is 11.6 Å². The number of alkyl halides is 6. The summed E-state index contributed by atoms with van der Waals surface area (Å²) in [6, 6.07) is 25.6. The van der Waals surface area contributed by atoms with Crippen LogP contribution in [0.3, 0.4) is 0 Å². The maximum atomic E-state index is 14.5. The molecule has 4 N–H and O–H groups in total.